The molecule has 0 bridgehead atoms. The third kappa shape index (κ3) is 2.31. The van der Waals surface area contributed by atoms with Gasteiger partial charge in [0, 0.05) is 0 Å². The molecule has 1 aliphatic heterocycles. The Bertz CT molecular complexity index is 843. The Morgan fingerprint density at radius 1 is 0.905 bits per heavy atom. The van der Waals surface area contributed by atoms with Gasteiger partial charge in [-0.25, -0.2) is 4.98 Å². The van der Waals surface area contributed by atoms with Crippen LogP contribution in [0.1, 0.15) is 11.3 Å². The van der Waals surface area contributed by atoms with Crippen molar-refractivity contribution in [3.8, 4) is 11.5 Å². The van der Waals surface area contributed by atoms with Crippen molar-refractivity contribution in [3.05, 3.63) is 59.9 Å². The van der Waals surface area contributed by atoms with Gasteiger partial charge in [-0.1, -0.05) is 24.3 Å². The topological polar surface area (TPSA) is 44.2 Å². The monoisotopic (exact) mass is 276 g/mol. The van der Waals surface area contributed by atoms with Crippen LogP contribution in [0.3, 0.4) is 0 Å². The van der Waals surface area contributed by atoms with Gasteiger partial charge in [0.25, 0.3) is 0 Å². The van der Waals surface area contributed by atoms with Gasteiger partial charge in [0.1, 0.15) is 0 Å². The first-order chi connectivity index (χ1) is 10.4. The number of benzene rings is 2. The van der Waals surface area contributed by atoms with E-state index in [9.17, 15) is 0 Å². The van der Waals surface area contributed by atoms with Gasteiger partial charge in [-0.15, -0.1) is 0 Å². The van der Waals surface area contributed by atoms with Gasteiger partial charge in [0.05, 0.1) is 22.9 Å². The molecule has 0 spiro atoms. The largest absolute Gasteiger partial charge is 0.454 e. The lowest BCUT2D eigenvalue weighted by atomic mass is 10.2. The summed E-state index contributed by atoms with van der Waals surface area (Å²) in [6, 6.07) is 13.7. The molecule has 3 aromatic rings. The maximum atomic E-state index is 5.36. The summed E-state index contributed by atoms with van der Waals surface area (Å²) in [4.78, 5) is 8.95. The van der Waals surface area contributed by atoms with Crippen LogP contribution in [0.4, 0.5) is 0 Å². The second-order valence-corrected chi connectivity index (χ2v) is 4.73. The molecule has 2 heterocycles. The maximum Gasteiger partial charge on any atom is 0.231 e. The standard InChI is InChI=1S/C17H12N2O2/c1-2-4-15-14(3-1)18-10-13(19-15)7-5-12-6-8-16-17(9-12)21-11-20-16/h1-10H,11H2/b7-5-. The zero-order valence-corrected chi connectivity index (χ0v) is 11.2. The summed E-state index contributed by atoms with van der Waals surface area (Å²) in [5, 5.41) is 0. The van der Waals surface area contributed by atoms with Crippen molar-refractivity contribution in [1.82, 2.24) is 9.97 Å². The first-order valence-corrected chi connectivity index (χ1v) is 6.68. The van der Waals surface area contributed by atoms with E-state index in [1.165, 1.54) is 0 Å². The van der Waals surface area contributed by atoms with E-state index in [2.05, 4.69) is 9.97 Å². The summed E-state index contributed by atoms with van der Waals surface area (Å²) in [5.74, 6) is 1.57. The lowest BCUT2D eigenvalue weighted by Gasteiger charge is -1.99. The number of fused-ring (bicyclic) bond motifs is 2. The van der Waals surface area contributed by atoms with Crippen LogP contribution in [-0.2, 0) is 0 Å². The van der Waals surface area contributed by atoms with E-state index in [0.29, 0.717) is 6.79 Å². The highest BCUT2D eigenvalue weighted by molar-refractivity contribution is 5.77. The van der Waals surface area contributed by atoms with Gasteiger partial charge in [0.2, 0.25) is 6.79 Å². The van der Waals surface area contributed by atoms with Crippen molar-refractivity contribution in [2.24, 2.45) is 0 Å². The van der Waals surface area contributed by atoms with Gasteiger partial charge >= 0.3 is 0 Å². The van der Waals surface area contributed by atoms with E-state index < -0.39 is 0 Å². The van der Waals surface area contributed by atoms with Gasteiger partial charge in [-0.05, 0) is 35.9 Å². The van der Waals surface area contributed by atoms with E-state index in [1.807, 2.05) is 54.6 Å². The second-order valence-electron chi connectivity index (χ2n) is 4.73. The normalized spacial score (nSPS) is 13.1. The number of rotatable bonds is 2. The summed E-state index contributed by atoms with van der Waals surface area (Å²) in [5.41, 5.74) is 3.66. The van der Waals surface area contributed by atoms with Crippen LogP contribution in [0.5, 0.6) is 11.5 Å². The fraction of sp³-hybridized carbons (Fsp3) is 0.0588. The summed E-state index contributed by atoms with van der Waals surface area (Å²) in [6.45, 7) is 0.290. The lowest BCUT2D eigenvalue weighted by Crippen LogP contribution is -1.92. The van der Waals surface area contributed by atoms with Crippen molar-refractivity contribution in [3.63, 3.8) is 0 Å². The van der Waals surface area contributed by atoms with Crippen LogP contribution in [0.2, 0.25) is 0 Å². The number of hydrogen-bond donors (Lipinski definition) is 0. The molecule has 102 valence electrons. The molecular weight excluding hydrogens is 264 g/mol. The Hall–Kier alpha value is -2.88. The highest BCUT2D eigenvalue weighted by atomic mass is 16.7. The summed E-state index contributed by atoms with van der Waals surface area (Å²) < 4.78 is 10.7. The van der Waals surface area contributed by atoms with Gasteiger partial charge < -0.3 is 9.47 Å². The lowest BCUT2D eigenvalue weighted by molar-refractivity contribution is 0.174. The number of ether oxygens (including phenoxy) is 2. The second kappa shape index (κ2) is 4.90. The summed E-state index contributed by atoms with van der Waals surface area (Å²) in [6.07, 6.45) is 5.70. The fourth-order valence-corrected chi connectivity index (χ4v) is 2.25. The van der Waals surface area contributed by atoms with Crippen LogP contribution in [0.25, 0.3) is 23.2 Å². The Morgan fingerprint density at radius 2 is 1.76 bits per heavy atom. The van der Waals surface area contributed by atoms with Crippen LogP contribution in [0, 0.1) is 0 Å². The molecule has 0 N–H and O–H groups in total. The molecule has 2 aromatic carbocycles. The Kier molecular flexibility index (Phi) is 2.78. The molecular formula is C17H12N2O2. The first kappa shape index (κ1) is 11.9. The number of para-hydroxylation sites is 2. The minimum Gasteiger partial charge on any atom is -0.454 e. The molecule has 0 saturated carbocycles. The molecule has 21 heavy (non-hydrogen) atoms. The first-order valence-electron chi connectivity index (χ1n) is 6.68. The van der Waals surface area contributed by atoms with Gasteiger partial charge in [0.15, 0.2) is 11.5 Å². The predicted octanol–water partition coefficient (Wildman–Crippen LogP) is 3.53. The molecule has 1 aromatic heterocycles. The molecule has 0 aliphatic carbocycles. The van der Waals surface area contributed by atoms with Crippen LogP contribution >= 0.6 is 0 Å². The zero-order chi connectivity index (χ0) is 14.1. The molecule has 0 unspecified atom stereocenters. The van der Waals surface area contributed by atoms with E-state index >= 15 is 0 Å². The van der Waals surface area contributed by atoms with E-state index in [1.54, 1.807) is 6.20 Å². The van der Waals surface area contributed by atoms with Crippen LogP contribution in [0.15, 0.2) is 48.7 Å². The molecule has 4 nitrogen and oxygen atoms in total. The molecule has 1 aliphatic rings. The number of nitrogens with zero attached hydrogens (tertiary/aromatic N) is 2. The van der Waals surface area contributed by atoms with Crippen molar-refractivity contribution in [2.75, 3.05) is 6.79 Å². The average molecular weight is 276 g/mol. The van der Waals surface area contributed by atoms with E-state index in [0.717, 1.165) is 33.8 Å². The minimum absolute atomic E-state index is 0.290. The van der Waals surface area contributed by atoms with Crippen molar-refractivity contribution in [1.29, 1.82) is 0 Å². The molecule has 0 radical (unpaired) electrons. The SMILES string of the molecule is C(=C/c1cnc2ccccc2n1)/c1ccc2c(c1)OCO2. The summed E-state index contributed by atoms with van der Waals surface area (Å²) >= 11 is 0. The Balaban J connectivity index is 1.64. The van der Waals surface area contributed by atoms with E-state index in [-0.39, 0.29) is 0 Å². The molecule has 4 heteroatoms. The third-order valence-corrected chi connectivity index (χ3v) is 3.31. The zero-order valence-electron chi connectivity index (χ0n) is 11.2. The smallest absolute Gasteiger partial charge is 0.231 e. The van der Waals surface area contributed by atoms with Crippen LogP contribution < -0.4 is 9.47 Å². The predicted molar refractivity (Wildman–Crippen MR) is 81.0 cm³/mol. The van der Waals surface area contributed by atoms with Crippen molar-refractivity contribution >= 4 is 23.2 Å². The Labute approximate surface area is 121 Å². The molecule has 0 saturated heterocycles. The maximum absolute atomic E-state index is 5.36. The van der Waals surface area contributed by atoms with Crippen LogP contribution in [-0.4, -0.2) is 16.8 Å². The van der Waals surface area contributed by atoms with Gasteiger partial charge in [-0.2, -0.15) is 0 Å². The number of hydrogen-bond acceptors (Lipinski definition) is 4. The molecule has 4 rings (SSSR count). The Morgan fingerprint density at radius 3 is 2.71 bits per heavy atom. The number of aromatic nitrogens is 2. The van der Waals surface area contributed by atoms with Gasteiger partial charge in [-0.3, -0.25) is 4.98 Å². The highest BCUT2D eigenvalue weighted by Gasteiger charge is 2.12. The van der Waals surface area contributed by atoms with Crippen molar-refractivity contribution < 1.29 is 9.47 Å². The quantitative estimate of drug-likeness (QED) is 0.718. The fourth-order valence-electron chi connectivity index (χ4n) is 2.25. The highest BCUT2D eigenvalue weighted by Crippen LogP contribution is 2.32. The molecule has 0 fully saturated rings. The third-order valence-electron chi connectivity index (χ3n) is 3.31. The average Bonchev–Trinajstić information content (AvgIpc) is 3.00. The van der Waals surface area contributed by atoms with E-state index in [4.69, 9.17) is 9.47 Å². The molecule has 0 atom stereocenters. The minimum atomic E-state index is 0.290. The molecule has 0 amide bonds. The summed E-state index contributed by atoms with van der Waals surface area (Å²) in [7, 11) is 0. The van der Waals surface area contributed by atoms with Crippen molar-refractivity contribution in [2.45, 2.75) is 0 Å².